The van der Waals surface area contributed by atoms with Crippen molar-refractivity contribution in [2.24, 2.45) is 5.92 Å². The van der Waals surface area contributed by atoms with Gasteiger partial charge >= 0.3 is 0 Å². The van der Waals surface area contributed by atoms with Crippen LogP contribution >= 0.6 is 11.3 Å². The Kier molecular flexibility index (Phi) is 5.70. The number of rotatable bonds is 6. The molecular formula is C15H21N5O4S2. The Hall–Kier alpha value is -1.82. The van der Waals surface area contributed by atoms with Gasteiger partial charge in [0.05, 0.1) is 17.3 Å². The molecule has 2 aromatic rings. The molecule has 1 aliphatic heterocycles. The van der Waals surface area contributed by atoms with Crippen molar-refractivity contribution in [2.45, 2.75) is 19.4 Å². The number of piperidine rings is 1. The third-order valence-electron chi connectivity index (χ3n) is 4.17. The van der Waals surface area contributed by atoms with Gasteiger partial charge in [0.25, 0.3) is 10.2 Å². The molecule has 1 saturated heterocycles. The Morgan fingerprint density at radius 1 is 1.50 bits per heavy atom. The highest BCUT2D eigenvalue weighted by molar-refractivity contribution is 7.86. The molecule has 1 fully saturated rings. The molecule has 9 nitrogen and oxygen atoms in total. The van der Waals surface area contributed by atoms with E-state index in [-0.39, 0.29) is 19.0 Å². The number of hydrogen-bond acceptors (Lipinski definition) is 7. The van der Waals surface area contributed by atoms with Crippen LogP contribution in [0.25, 0.3) is 10.7 Å². The van der Waals surface area contributed by atoms with Gasteiger partial charge in [0.15, 0.2) is 0 Å². The van der Waals surface area contributed by atoms with E-state index in [2.05, 4.69) is 15.5 Å². The van der Waals surface area contributed by atoms with Gasteiger partial charge in [-0.25, -0.2) is 0 Å². The fraction of sp³-hybridized carbons (Fsp3) is 0.533. The second-order valence-corrected chi connectivity index (χ2v) is 9.28. The fourth-order valence-corrected chi connectivity index (χ4v) is 4.58. The minimum absolute atomic E-state index is 0.119. The van der Waals surface area contributed by atoms with E-state index in [0.717, 1.165) is 9.18 Å². The Balaban J connectivity index is 1.56. The first kappa shape index (κ1) is 19.0. The van der Waals surface area contributed by atoms with Gasteiger partial charge < -0.3 is 9.84 Å². The Morgan fingerprint density at radius 2 is 2.31 bits per heavy atom. The molecule has 0 saturated carbocycles. The average Bonchev–Trinajstić information content (AvgIpc) is 3.31. The van der Waals surface area contributed by atoms with Crippen LogP contribution in [0.1, 0.15) is 18.7 Å². The van der Waals surface area contributed by atoms with Crippen LogP contribution in [0.4, 0.5) is 0 Å². The standard InChI is InChI=1S/C15H21N5O4S2/c1-19(2)26(22,23)20-7-3-5-11(10-20)15(21)16-9-13-17-14(18-24-13)12-6-4-8-25-12/h4,6,8,11H,3,5,7,9-10H2,1-2H3,(H,16,21)/t11-/m1/s1. The lowest BCUT2D eigenvalue weighted by Gasteiger charge is -2.32. The molecule has 0 aliphatic carbocycles. The molecule has 3 rings (SSSR count). The zero-order valence-corrected chi connectivity index (χ0v) is 16.2. The van der Waals surface area contributed by atoms with Gasteiger partial charge in [0.2, 0.25) is 17.6 Å². The zero-order chi connectivity index (χ0) is 18.7. The summed E-state index contributed by atoms with van der Waals surface area (Å²) in [7, 11) is -0.537. The first-order chi connectivity index (χ1) is 12.4. The molecule has 26 heavy (non-hydrogen) atoms. The normalized spacial score (nSPS) is 19.0. The number of aromatic nitrogens is 2. The molecule has 0 bridgehead atoms. The Labute approximate surface area is 156 Å². The second-order valence-electron chi connectivity index (χ2n) is 6.19. The predicted molar refractivity (Wildman–Crippen MR) is 96.4 cm³/mol. The van der Waals surface area contributed by atoms with Crippen molar-refractivity contribution in [2.75, 3.05) is 27.2 Å². The molecule has 11 heteroatoms. The summed E-state index contributed by atoms with van der Waals surface area (Å²) in [6, 6.07) is 3.79. The number of nitrogens with zero attached hydrogens (tertiary/aromatic N) is 4. The number of carbonyl (C=O) groups excluding carboxylic acids is 1. The van der Waals surface area contributed by atoms with E-state index in [0.29, 0.717) is 31.1 Å². The topological polar surface area (TPSA) is 109 Å². The first-order valence-corrected chi connectivity index (χ1v) is 10.5. The van der Waals surface area contributed by atoms with Crippen LogP contribution in [-0.4, -0.2) is 60.3 Å². The maximum atomic E-state index is 12.4. The van der Waals surface area contributed by atoms with Gasteiger partial charge in [0.1, 0.15) is 0 Å². The lowest BCUT2D eigenvalue weighted by atomic mass is 9.99. The highest BCUT2D eigenvalue weighted by Gasteiger charge is 2.33. The first-order valence-electron chi connectivity index (χ1n) is 8.19. The lowest BCUT2D eigenvalue weighted by molar-refractivity contribution is -0.126. The van der Waals surface area contributed by atoms with Crippen molar-refractivity contribution in [3.8, 4) is 10.7 Å². The molecule has 1 N–H and O–H groups in total. The molecule has 0 aromatic carbocycles. The molecule has 0 spiro atoms. The van der Waals surface area contributed by atoms with Crippen LogP contribution in [0, 0.1) is 5.92 Å². The molecular weight excluding hydrogens is 378 g/mol. The highest BCUT2D eigenvalue weighted by Crippen LogP contribution is 2.22. The van der Waals surface area contributed by atoms with Crippen molar-refractivity contribution in [1.29, 1.82) is 0 Å². The predicted octanol–water partition coefficient (Wildman–Crippen LogP) is 0.933. The molecule has 0 radical (unpaired) electrons. The number of thiophene rings is 1. The summed E-state index contributed by atoms with van der Waals surface area (Å²) in [6.45, 7) is 0.725. The summed E-state index contributed by atoms with van der Waals surface area (Å²) in [6.07, 6.45) is 1.30. The fourth-order valence-electron chi connectivity index (χ4n) is 2.74. The molecule has 2 aromatic heterocycles. The van der Waals surface area contributed by atoms with Crippen LogP contribution in [0.3, 0.4) is 0 Å². The van der Waals surface area contributed by atoms with E-state index < -0.39 is 16.1 Å². The number of nitrogens with one attached hydrogen (secondary N) is 1. The van der Waals surface area contributed by atoms with Crippen LogP contribution in [0.2, 0.25) is 0 Å². The third kappa shape index (κ3) is 4.11. The summed E-state index contributed by atoms with van der Waals surface area (Å²) in [5.74, 6) is 0.207. The quantitative estimate of drug-likeness (QED) is 0.774. The van der Waals surface area contributed by atoms with Gasteiger partial charge in [-0.05, 0) is 24.3 Å². The smallest absolute Gasteiger partial charge is 0.281 e. The molecule has 142 valence electrons. The van der Waals surface area contributed by atoms with Crippen molar-refractivity contribution in [1.82, 2.24) is 24.1 Å². The average molecular weight is 399 g/mol. The second kappa shape index (κ2) is 7.82. The van der Waals surface area contributed by atoms with E-state index in [1.807, 2.05) is 17.5 Å². The minimum Gasteiger partial charge on any atom is -0.347 e. The zero-order valence-electron chi connectivity index (χ0n) is 14.6. The van der Waals surface area contributed by atoms with Crippen LogP contribution < -0.4 is 5.32 Å². The van der Waals surface area contributed by atoms with E-state index in [4.69, 9.17) is 4.52 Å². The van der Waals surface area contributed by atoms with Gasteiger partial charge in [-0.1, -0.05) is 11.2 Å². The maximum absolute atomic E-state index is 12.4. The van der Waals surface area contributed by atoms with Crippen LogP contribution in [0.5, 0.6) is 0 Å². The minimum atomic E-state index is -3.51. The van der Waals surface area contributed by atoms with E-state index >= 15 is 0 Å². The molecule has 0 unspecified atom stereocenters. The molecule has 1 amide bonds. The number of carbonyl (C=O) groups is 1. The van der Waals surface area contributed by atoms with Crippen molar-refractivity contribution in [3.63, 3.8) is 0 Å². The van der Waals surface area contributed by atoms with Gasteiger partial charge in [0, 0.05) is 27.2 Å². The van der Waals surface area contributed by atoms with E-state index in [1.165, 1.54) is 29.7 Å². The number of hydrogen-bond donors (Lipinski definition) is 1. The third-order valence-corrected chi connectivity index (χ3v) is 6.94. The summed E-state index contributed by atoms with van der Waals surface area (Å²) in [4.78, 5) is 17.6. The highest BCUT2D eigenvalue weighted by atomic mass is 32.2. The summed E-state index contributed by atoms with van der Waals surface area (Å²) >= 11 is 1.50. The summed E-state index contributed by atoms with van der Waals surface area (Å²) in [5.41, 5.74) is 0. The van der Waals surface area contributed by atoms with Gasteiger partial charge in [-0.15, -0.1) is 11.3 Å². The van der Waals surface area contributed by atoms with E-state index in [1.54, 1.807) is 0 Å². The van der Waals surface area contributed by atoms with Crippen LogP contribution in [0.15, 0.2) is 22.0 Å². The largest absolute Gasteiger partial charge is 0.347 e. The van der Waals surface area contributed by atoms with E-state index in [9.17, 15) is 13.2 Å². The van der Waals surface area contributed by atoms with Gasteiger partial charge in [-0.3, -0.25) is 4.79 Å². The van der Waals surface area contributed by atoms with Crippen LogP contribution in [-0.2, 0) is 21.5 Å². The van der Waals surface area contributed by atoms with Gasteiger partial charge in [-0.2, -0.15) is 22.0 Å². The lowest BCUT2D eigenvalue weighted by Crippen LogP contribution is -2.48. The monoisotopic (exact) mass is 399 g/mol. The Bertz CT molecular complexity index is 847. The van der Waals surface area contributed by atoms with Crippen molar-refractivity contribution < 1.29 is 17.7 Å². The van der Waals surface area contributed by atoms with Crippen molar-refractivity contribution in [3.05, 3.63) is 23.4 Å². The SMILES string of the molecule is CN(C)S(=O)(=O)N1CCC[C@@H](C(=O)NCc2nc(-c3cccs3)no2)C1. The summed E-state index contributed by atoms with van der Waals surface area (Å²) in [5, 5.41) is 8.57. The number of amides is 1. The molecule has 3 heterocycles. The maximum Gasteiger partial charge on any atom is 0.281 e. The summed E-state index contributed by atoms with van der Waals surface area (Å²) < 4.78 is 32.1. The van der Waals surface area contributed by atoms with Crippen molar-refractivity contribution >= 4 is 27.5 Å². The Morgan fingerprint density at radius 3 is 3.00 bits per heavy atom. The molecule has 1 aliphatic rings. The molecule has 1 atom stereocenters.